The third kappa shape index (κ3) is 7.69. The van der Waals surface area contributed by atoms with Gasteiger partial charge in [0, 0.05) is 38.4 Å². The highest BCUT2D eigenvalue weighted by Gasteiger charge is 2.06. The molecular formula is C17H30N4. The summed E-state index contributed by atoms with van der Waals surface area (Å²) in [5.74, 6) is 1.63. The first-order valence-electron chi connectivity index (χ1n) is 8.14. The van der Waals surface area contributed by atoms with E-state index in [0.717, 1.165) is 37.1 Å². The van der Waals surface area contributed by atoms with Crippen LogP contribution >= 0.6 is 0 Å². The molecule has 0 radical (unpaired) electrons. The molecule has 0 amide bonds. The van der Waals surface area contributed by atoms with Gasteiger partial charge in [0.05, 0.1) is 0 Å². The number of aliphatic imine (C=N–C) groups is 1. The Bertz CT molecular complexity index is 389. The van der Waals surface area contributed by atoms with Crippen molar-refractivity contribution in [3.05, 3.63) is 30.1 Å². The lowest BCUT2D eigenvalue weighted by Crippen LogP contribution is -2.40. The van der Waals surface area contributed by atoms with E-state index in [1.807, 2.05) is 25.4 Å². The molecule has 4 heteroatoms. The highest BCUT2D eigenvalue weighted by molar-refractivity contribution is 5.79. The van der Waals surface area contributed by atoms with Crippen molar-refractivity contribution in [3.8, 4) is 0 Å². The number of nitrogens with one attached hydrogen (secondary N) is 2. The lowest BCUT2D eigenvalue weighted by molar-refractivity contribution is 0.444. The fraction of sp³-hybridized carbons (Fsp3) is 0.647. The molecule has 0 spiro atoms. The molecule has 1 rings (SSSR count). The SMILES string of the molecule is CCCCC(CC)CNC(=NC)NCCc1ccccn1. The average Bonchev–Trinajstić information content (AvgIpc) is 2.54. The number of aromatic nitrogens is 1. The monoisotopic (exact) mass is 290 g/mol. The first kappa shape index (κ1) is 17.5. The highest BCUT2D eigenvalue weighted by atomic mass is 15.2. The van der Waals surface area contributed by atoms with Gasteiger partial charge in [-0.2, -0.15) is 0 Å². The van der Waals surface area contributed by atoms with Crippen LogP contribution in [0.25, 0.3) is 0 Å². The van der Waals surface area contributed by atoms with Crippen LogP contribution in [0.15, 0.2) is 29.4 Å². The van der Waals surface area contributed by atoms with Crippen LogP contribution in [-0.2, 0) is 6.42 Å². The van der Waals surface area contributed by atoms with Crippen LogP contribution in [0.4, 0.5) is 0 Å². The van der Waals surface area contributed by atoms with Gasteiger partial charge >= 0.3 is 0 Å². The Morgan fingerprint density at radius 3 is 2.76 bits per heavy atom. The molecule has 0 aliphatic heterocycles. The summed E-state index contributed by atoms with van der Waals surface area (Å²) in [5, 5.41) is 6.79. The summed E-state index contributed by atoms with van der Waals surface area (Å²) in [7, 11) is 1.82. The van der Waals surface area contributed by atoms with Crippen molar-refractivity contribution in [2.45, 2.75) is 46.0 Å². The van der Waals surface area contributed by atoms with Crippen molar-refractivity contribution in [3.63, 3.8) is 0 Å². The van der Waals surface area contributed by atoms with Crippen molar-refractivity contribution in [1.82, 2.24) is 15.6 Å². The lowest BCUT2D eigenvalue weighted by atomic mass is 9.99. The topological polar surface area (TPSA) is 49.3 Å². The van der Waals surface area contributed by atoms with E-state index in [2.05, 4.69) is 40.5 Å². The van der Waals surface area contributed by atoms with Crippen LogP contribution in [-0.4, -0.2) is 31.1 Å². The number of rotatable bonds is 9. The molecule has 1 unspecified atom stereocenters. The molecule has 4 nitrogen and oxygen atoms in total. The van der Waals surface area contributed by atoms with Gasteiger partial charge < -0.3 is 10.6 Å². The van der Waals surface area contributed by atoms with E-state index in [-0.39, 0.29) is 0 Å². The second-order valence-electron chi connectivity index (χ2n) is 5.37. The number of hydrogen-bond acceptors (Lipinski definition) is 2. The Morgan fingerprint density at radius 1 is 1.29 bits per heavy atom. The summed E-state index contributed by atoms with van der Waals surface area (Å²) in [6.07, 6.45) is 7.85. The van der Waals surface area contributed by atoms with Gasteiger partial charge in [-0.3, -0.25) is 9.98 Å². The normalized spacial score (nSPS) is 13.0. The van der Waals surface area contributed by atoms with Gasteiger partial charge in [-0.05, 0) is 24.5 Å². The summed E-state index contributed by atoms with van der Waals surface area (Å²) in [4.78, 5) is 8.60. The lowest BCUT2D eigenvalue weighted by Gasteiger charge is -2.18. The predicted octanol–water partition coefficient (Wildman–Crippen LogP) is 3.01. The van der Waals surface area contributed by atoms with E-state index < -0.39 is 0 Å². The van der Waals surface area contributed by atoms with Gasteiger partial charge in [0.1, 0.15) is 0 Å². The first-order chi connectivity index (χ1) is 10.3. The van der Waals surface area contributed by atoms with Crippen molar-refractivity contribution in [2.24, 2.45) is 10.9 Å². The predicted molar refractivity (Wildman–Crippen MR) is 90.6 cm³/mol. The van der Waals surface area contributed by atoms with Crippen molar-refractivity contribution >= 4 is 5.96 Å². The largest absolute Gasteiger partial charge is 0.356 e. The van der Waals surface area contributed by atoms with Crippen LogP contribution in [0.5, 0.6) is 0 Å². The summed E-state index contributed by atoms with van der Waals surface area (Å²) in [6.45, 7) is 6.36. The van der Waals surface area contributed by atoms with E-state index in [0.29, 0.717) is 0 Å². The molecule has 0 bridgehead atoms. The maximum Gasteiger partial charge on any atom is 0.190 e. The van der Waals surface area contributed by atoms with Gasteiger partial charge in [0.2, 0.25) is 0 Å². The Hall–Kier alpha value is -1.58. The van der Waals surface area contributed by atoms with E-state index in [4.69, 9.17) is 0 Å². The quantitative estimate of drug-likeness (QED) is 0.543. The molecular weight excluding hydrogens is 260 g/mol. The number of hydrogen-bond donors (Lipinski definition) is 2. The smallest absolute Gasteiger partial charge is 0.190 e. The maximum absolute atomic E-state index is 4.32. The number of unbranched alkanes of at least 4 members (excludes halogenated alkanes) is 1. The minimum absolute atomic E-state index is 0.735. The van der Waals surface area contributed by atoms with E-state index in [1.54, 1.807) is 0 Å². The minimum atomic E-state index is 0.735. The van der Waals surface area contributed by atoms with Gasteiger partial charge in [-0.15, -0.1) is 0 Å². The molecule has 1 heterocycles. The fourth-order valence-electron chi connectivity index (χ4n) is 2.26. The molecule has 0 fully saturated rings. The Labute approximate surface area is 129 Å². The highest BCUT2D eigenvalue weighted by Crippen LogP contribution is 2.10. The molecule has 0 aromatic carbocycles. The van der Waals surface area contributed by atoms with Gasteiger partial charge in [-0.25, -0.2) is 0 Å². The van der Waals surface area contributed by atoms with Crippen LogP contribution in [0.1, 0.15) is 45.2 Å². The molecule has 0 aliphatic carbocycles. The van der Waals surface area contributed by atoms with E-state index >= 15 is 0 Å². The van der Waals surface area contributed by atoms with Crippen molar-refractivity contribution < 1.29 is 0 Å². The molecule has 1 aromatic rings. The molecule has 0 aliphatic rings. The molecule has 0 saturated carbocycles. The molecule has 118 valence electrons. The third-order valence-corrected chi connectivity index (χ3v) is 3.72. The standard InChI is InChI=1S/C17H30N4/c1-4-6-9-15(5-2)14-21-17(18-3)20-13-11-16-10-7-8-12-19-16/h7-8,10,12,15H,4-6,9,11,13-14H2,1-3H3,(H2,18,20,21). The molecule has 1 aromatic heterocycles. The summed E-state index contributed by atoms with van der Waals surface area (Å²) >= 11 is 0. The van der Waals surface area contributed by atoms with E-state index in [9.17, 15) is 0 Å². The second-order valence-corrected chi connectivity index (χ2v) is 5.37. The average molecular weight is 290 g/mol. The maximum atomic E-state index is 4.32. The zero-order valence-electron chi connectivity index (χ0n) is 13.7. The Morgan fingerprint density at radius 2 is 2.14 bits per heavy atom. The molecule has 21 heavy (non-hydrogen) atoms. The molecule has 0 saturated heterocycles. The van der Waals surface area contributed by atoms with Gasteiger partial charge in [0.15, 0.2) is 5.96 Å². The minimum Gasteiger partial charge on any atom is -0.356 e. The first-order valence-corrected chi connectivity index (χ1v) is 8.14. The van der Waals surface area contributed by atoms with Crippen molar-refractivity contribution in [1.29, 1.82) is 0 Å². The van der Waals surface area contributed by atoms with Crippen LogP contribution < -0.4 is 10.6 Å². The number of pyridine rings is 1. The van der Waals surface area contributed by atoms with Crippen LogP contribution in [0.3, 0.4) is 0 Å². The van der Waals surface area contributed by atoms with E-state index in [1.165, 1.54) is 25.7 Å². The number of guanidine groups is 1. The van der Waals surface area contributed by atoms with Gasteiger partial charge in [-0.1, -0.05) is 39.2 Å². The zero-order chi connectivity index (χ0) is 15.3. The third-order valence-electron chi connectivity index (χ3n) is 3.72. The summed E-state index contributed by atoms with van der Waals surface area (Å²) in [6, 6.07) is 6.02. The number of nitrogens with zero attached hydrogens (tertiary/aromatic N) is 2. The molecule has 2 N–H and O–H groups in total. The Balaban J connectivity index is 2.25. The van der Waals surface area contributed by atoms with Crippen molar-refractivity contribution in [2.75, 3.05) is 20.1 Å². The Kier molecular flexibility index (Phi) is 9.25. The fourth-order valence-corrected chi connectivity index (χ4v) is 2.26. The van der Waals surface area contributed by atoms with Crippen LogP contribution in [0.2, 0.25) is 0 Å². The summed E-state index contributed by atoms with van der Waals surface area (Å²) < 4.78 is 0. The molecule has 1 atom stereocenters. The zero-order valence-corrected chi connectivity index (χ0v) is 13.7. The second kappa shape index (κ2) is 11.1. The summed E-state index contributed by atoms with van der Waals surface area (Å²) in [5.41, 5.74) is 1.11. The van der Waals surface area contributed by atoms with Gasteiger partial charge in [0.25, 0.3) is 0 Å². The van der Waals surface area contributed by atoms with Crippen LogP contribution in [0, 0.1) is 5.92 Å².